The van der Waals surface area contributed by atoms with Gasteiger partial charge in [-0.3, -0.25) is 0 Å². The quantitative estimate of drug-likeness (QED) is 0.722. The number of rotatable bonds is 3. The first-order valence-corrected chi connectivity index (χ1v) is 4.47. The van der Waals surface area contributed by atoms with Crippen LogP contribution < -0.4 is 0 Å². The van der Waals surface area contributed by atoms with Gasteiger partial charge >= 0.3 is 0 Å². The molecule has 13 heavy (non-hydrogen) atoms. The van der Waals surface area contributed by atoms with Gasteiger partial charge in [-0.15, -0.1) is 0 Å². The summed E-state index contributed by atoms with van der Waals surface area (Å²) in [6.45, 7) is 3.87. The molecule has 1 aromatic rings. The Morgan fingerprint density at radius 2 is 2.00 bits per heavy atom. The van der Waals surface area contributed by atoms with Crippen molar-refractivity contribution in [2.75, 3.05) is 7.11 Å². The predicted molar refractivity (Wildman–Crippen MR) is 52.4 cm³/mol. The van der Waals surface area contributed by atoms with Crippen LogP contribution in [0, 0.1) is 6.92 Å². The fraction of sp³-hybridized carbons (Fsp3) is 0.455. The zero-order valence-corrected chi connectivity index (χ0v) is 8.37. The molecule has 0 aromatic heterocycles. The molecule has 0 aliphatic rings. The molecule has 1 rings (SSSR count). The van der Waals surface area contributed by atoms with Crippen molar-refractivity contribution >= 4 is 0 Å². The Labute approximate surface area is 79.2 Å². The Bertz CT molecular complexity index is 277. The number of hydrogen-bond acceptors (Lipinski definition) is 2. The van der Waals surface area contributed by atoms with Gasteiger partial charge in [0.1, 0.15) is 0 Å². The molecule has 1 unspecified atom stereocenters. The fourth-order valence-electron chi connectivity index (χ4n) is 1.46. The highest BCUT2D eigenvalue weighted by Gasteiger charge is 2.27. The molecule has 2 heteroatoms. The number of methoxy groups -OCH3 is 1. The number of aliphatic hydroxyl groups is 1. The van der Waals surface area contributed by atoms with Crippen molar-refractivity contribution in [3.05, 3.63) is 35.4 Å². The van der Waals surface area contributed by atoms with Gasteiger partial charge in [0.2, 0.25) is 0 Å². The van der Waals surface area contributed by atoms with Crippen molar-refractivity contribution in [1.29, 1.82) is 0 Å². The van der Waals surface area contributed by atoms with E-state index >= 15 is 0 Å². The average Bonchev–Trinajstić information content (AvgIpc) is 2.17. The van der Waals surface area contributed by atoms with Crippen LogP contribution in [0.15, 0.2) is 24.3 Å². The van der Waals surface area contributed by atoms with Gasteiger partial charge in [-0.25, -0.2) is 0 Å². The van der Waals surface area contributed by atoms with Gasteiger partial charge in [0, 0.05) is 19.1 Å². The van der Waals surface area contributed by atoms with Gasteiger partial charge in [-0.1, -0.05) is 31.2 Å². The normalized spacial score (nSPS) is 15.4. The van der Waals surface area contributed by atoms with Crippen LogP contribution in [-0.4, -0.2) is 12.2 Å². The lowest BCUT2D eigenvalue weighted by atomic mass is 9.98. The Hall–Kier alpha value is -0.860. The molecular formula is C11H16O2. The highest BCUT2D eigenvalue weighted by atomic mass is 16.6. The van der Waals surface area contributed by atoms with Crippen LogP contribution in [-0.2, 0) is 10.5 Å². The second kappa shape index (κ2) is 3.90. The molecule has 1 atom stereocenters. The molecule has 1 aromatic carbocycles. The minimum absolute atomic E-state index is 0.550. The minimum atomic E-state index is -1.13. The number of benzene rings is 1. The van der Waals surface area contributed by atoms with E-state index in [2.05, 4.69) is 0 Å². The van der Waals surface area contributed by atoms with Crippen molar-refractivity contribution in [1.82, 2.24) is 0 Å². The lowest BCUT2D eigenvalue weighted by Gasteiger charge is -2.26. The summed E-state index contributed by atoms with van der Waals surface area (Å²) in [5.74, 6) is -1.13. The third-order valence-corrected chi connectivity index (χ3v) is 2.38. The topological polar surface area (TPSA) is 29.5 Å². The maximum Gasteiger partial charge on any atom is 0.191 e. The first kappa shape index (κ1) is 10.2. The van der Waals surface area contributed by atoms with Crippen LogP contribution in [0.4, 0.5) is 0 Å². The summed E-state index contributed by atoms with van der Waals surface area (Å²) in [4.78, 5) is 0. The van der Waals surface area contributed by atoms with E-state index in [9.17, 15) is 5.11 Å². The van der Waals surface area contributed by atoms with E-state index in [0.717, 1.165) is 11.1 Å². The highest BCUT2D eigenvalue weighted by Crippen LogP contribution is 2.27. The Balaban J connectivity index is 3.12. The molecule has 72 valence electrons. The van der Waals surface area contributed by atoms with E-state index in [0.29, 0.717) is 6.42 Å². The first-order chi connectivity index (χ1) is 6.14. The van der Waals surface area contributed by atoms with Crippen LogP contribution in [0.1, 0.15) is 24.5 Å². The second-order valence-corrected chi connectivity index (χ2v) is 3.16. The number of hydrogen-bond donors (Lipinski definition) is 1. The fourth-order valence-corrected chi connectivity index (χ4v) is 1.46. The minimum Gasteiger partial charge on any atom is -0.362 e. The van der Waals surface area contributed by atoms with Crippen molar-refractivity contribution in [3.63, 3.8) is 0 Å². The Kier molecular flexibility index (Phi) is 3.07. The molecule has 0 saturated heterocycles. The number of aryl methyl sites for hydroxylation is 1. The first-order valence-electron chi connectivity index (χ1n) is 4.47. The summed E-state index contributed by atoms with van der Waals surface area (Å²) in [6.07, 6.45) is 0.550. The van der Waals surface area contributed by atoms with Crippen LogP contribution in [0.5, 0.6) is 0 Å². The van der Waals surface area contributed by atoms with E-state index in [1.165, 1.54) is 7.11 Å². The maximum absolute atomic E-state index is 10.1. The van der Waals surface area contributed by atoms with E-state index < -0.39 is 5.79 Å². The van der Waals surface area contributed by atoms with Gasteiger partial charge in [-0.2, -0.15) is 0 Å². The maximum atomic E-state index is 10.1. The van der Waals surface area contributed by atoms with Crippen molar-refractivity contribution in [2.45, 2.75) is 26.1 Å². The lowest BCUT2D eigenvalue weighted by Crippen LogP contribution is -2.27. The smallest absolute Gasteiger partial charge is 0.191 e. The molecule has 0 saturated carbocycles. The molecule has 0 fully saturated rings. The standard InChI is InChI=1S/C11H16O2/c1-4-11(12,13-3)10-8-6-5-7-9(10)2/h5-8,12H,4H2,1-3H3. The molecule has 0 aliphatic carbocycles. The van der Waals surface area contributed by atoms with Gasteiger partial charge in [0.15, 0.2) is 5.79 Å². The van der Waals surface area contributed by atoms with Gasteiger partial charge < -0.3 is 9.84 Å². The number of ether oxygens (including phenoxy) is 1. The zero-order chi connectivity index (χ0) is 9.90. The zero-order valence-electron chi connectivity index (χ0n) is 8.37. The second-order valence-electron chi connectivity index (χ2n) is 3.16. The van der Waals surface area contributed by atoms with Gasteiger partial charge in [0.05, 0.1) is 0 Å². The molecule has 0 bridgehead atoms. The summed E-state index contributed by atoms with van der Waals surface area (Å²) in [7, 11) is 1.52. The van der Waals surface area contributed by atoms with Crippen molar-refractivity contribution in [3.8, 4) is 0 Å². The van der Waals surface area contributed by atoms with E-state index in [-0.39, 0.29) is 0 Å². The summed E-state index contributed by atoms with van der Waals surface area (Å²) >= 11 is 0. The SMILES string of the molecule is CCC(O)(OC)c1ccccc1C. The van der Waals surface area contributed by atoms with E-state index in [1.807, 2.05) is 38.1 Å². The van der Waals surface area contributed by atoms with Crippen molar-refractivity contribution < 1.29 is 9.84 Å². The largest absolute Gasteiger partial charge is 0.362 e. The van der Waals surface area contributed by atoms with Crippen LogP contribution in [0.3, 0.4) is 0 Å². The third-order valence-electron chi connectivity index (χ3n) is 2.38. The van der Waals surface area contributed by atoms with Crippen LogP contribution in [0.25, 0.3) is 0 Å². The lowest BCUT2D eigenvalue weighted by molar-refractivity contribution is -0.196. The van der Waals surface area contributed by atoms with Crippen molar-refractivity contribution in [2.24, 2.45) is 0 Å². The summed E-state index contributed by atoms with van der Waals surface area (Å²) in [5, 5.41) is 10.1. The van der Waals surface area contributed by atoms with E-state index in [1.54, 1.807) is 0 Å². The molecule has 0 radical (unpaired) electrons. The van der Waals surface area contributed by atoms with Gasteiger partial charge in [0.25, 0.3) is 0 Å². The average molecular weight is 180 g/mol. The summed E-state index contributed by atoms with van der Waals surface area (Å²) < 4.78 is 5.11. The van der Waals surface area contributed by atoms with Gasteiger partial charge in [-0.05, 0) is 12.5 Å². The van der Waals surface area contributed by atoms with Crippen LogP contribution >= 0.6 is 0 Å². The van der Waals surface area contributed by atoms with E-state index in [4.69, 9.17) is 4.74 Å². The highest BCUT2D eigenvalue weighted by molar-refractivity contribution is 5.29. The predicted octanol–water partition coefficient (Wildman–Crippen LogP) is 2.20. The van der Waals surface area contributed by atoms with Crippen LogP contribution in [0.2, 0.25) is 0 Å². The summed E-state index contributed by atoms with van der Waals surface area (Å²) in [6, 6.07) is 7.71. The molecular weight excluding hydrogens is 164 g/mol. The molecule has 0 heterocycles. The molecule has 2 nitrogen and oxygen atoms in total. The molecule has 1 N–H and O–H groups in total. The molecule has 0 amide bonds. The Morgan fingerprint density at radius 3 is 2.46 bits per heavy atom. The molecule has 0 spiro atoms. The monoisotopic (exact) mass is 180 g/mol. The summed E-state index contributed by atoms with van der Waals surface area (Å²) in [5.41, 5.74) is 1.90. The third kappa shape index (κ3) is 1.90. The Morgan fingerprint density at radius 1 is 1.38 bits per heavy atom. The molecule has 0 aliphatic heterocycles.